The fourth-order valence-electron chi connectivity index (χ4n) is 2.83. The summed E-state index contributed by atoms with van der Waals surface area (Å²) in [5, 5.41) is 3.94. The Balaban J connectivity index is 1.81. The highest BCUT2D eigenvalue weighted by atomic mass is 16.5. The van der Waals surface area contributed by atoms with E-state index in [1.54, 1.807) is 0 Å². The average Bonchev–Trinajstić information content (AvgIpc) is 2.71. The van der Waals surface area contributed by atoms with Crippen LogP contribution >= 0.6 is 0 Å². The van der Waals surface area contributed by atoms with Crippen LogP contribution in [-0.4, -0.2) is 18.3 Å². The second kappa shape index (κ2) is 6.34. The monoisotopic (exact) mass is 252 g/mol. The Morgan fingerprint density at radius 3 is 2.61 bits per heavy atom. The number of rotatable bonds is 5. The molecule has 4 heteroatoms. The molecule has 4 nitrogen and oxygen atoms in total. The third kappa shape index (κ3) is 3.12. The largest absolute Gasteiger partial charge is 0.376 e. The summed E-state index contributed by atoms with van der Waals surface area (Å²) >= 11 is 0. The summed E-state index contributed by atoms with van der Waals surface area (Å²) in [4.78, 5) is 0. The van der Waals surface area contributed by atoms with Crippen LogP contribution in [0.3, 0.4) is 0 Å². The molecule has 0 radical (unpaired) electrons. The summed E-state index contributed by atoms with van der Waals surface area (Å²) in [5.41, 5.74) is 7.86. The maximum Gasteiger partial charge on any atom is 0.139 e. The molecule has 0 spiro atoms. The van der Waals surface area contributed by atoms with E-state index in [2.05, 4.69) is 5.16 Å². The number of nitrogens with zero attached hydrogens (tertiary/aromatic N) is 1. The normalized spacial score (nSPS) is 24.4. The van der Waals surface area contributed by atoms with Crippen molar-refractivity contribution in [3.8, 4) is 0 Å². The van der Waals surface area contributed by atoms with E-state index in [9.17, 15) is 0 Å². The van der Waals surface area contributed by atoms with Crippen LogP contribution in [0.15, 0.2) is 4.52 Å². The van der Waals surface area contributed by atoms with Gasteiger partial charge in [0.15, 0.2) is 0 Å². The van der Waals surface area contributed by atoms with Crippen LogP contribution in [0.25, 0.3) is 0 Å². The van der Waals surface area contributed by atoms with Gasteiger partial charge < -0.3 is 15.0 Å². The van der Waals surface area contributed by atoms with Gasteiger partial charge in [-0.25, -0.2) is 0 Å². The minimum atomic E-state index is 0.606. The Morgan fingerprint density at radius 1 is 1.28 bits per heavy atom. The smallest absolute Gasteiger partial charge is 0.139 e. The van der Waals surface area contributed by atoms with Crippen LogP contribution in [0.1, 0.15) is 42.7 Å². The lowest BCUT2D eigenvalue weighted by Crippen LogP contribution is -2.29. The van der Waals surface area contributed by atoms with E-state index in [0.717, 1.165) is 30.2 Å². The molecule has 1 heterocycles. The quantitative estimate of drug-likeness (QED) is 0.875. The minimum Gasteiger partial charge on any atom is -0.376 e. The van der Waals surface area contributed by atoms with E-state index in [1.165, 1.54) is 25.7 Å². The molecule has 102 valence electrons. The van der Waals surface area contributed by atoms with Crippen molar-refractivity contribution in [1.29, 1.82) is 0 Å². The van der Waals surface area contributed by atoms with Gasteiger partial charge in [0, 0.05) is 5.56 Å². The van der Waals surface area contributed by atoms with Crippen molar-refractivity contribution in [3.05, 3.63) is 17.0 Å². The van der Waals surface area contributed by atoms with Gasteiger partial charge in [0.05, 0.1) is 18.9 Å². The molecule has 0 amide bonds. The van der Waals surface area contributed by atoms with E-state index in [4.69, 9.17) is 15.0 Å². The molecule has 2 N–H and O–H groups in total. The third-order valence-corrected chi connectivity index (χ3v) is 4.13. The standard InChI is InChI=1S/C14H24N2O2/c1-10-14(11(2)18-16-10)9-17-8-13-6-4-3-5-12(13)7-15/h12-13H,3-9,15H2,1-2H3. The summed E-state index contributed by atoms with van der Waals surface area (Å²) in [6.07, 6.45) is 5.15. The second-order valence-corrected chi connectivity index (χ2v) is 5.36. The average molecular weight is 252 g/mol. The van der Waals surface area contributed by atoms with Crippen LogP contribution < -0.4 is 5.73 Å². The molecule has 1 fully saturated rings. The number of aromatic nitrogens is 1. The van der Waals surface area contributed by atoms with Crippen LogP contribution in [0.5, 0.6) is 0 Å². The number of ether oxygens (including phenoxy) is 1. The van der Waals surface area contributed by atoms with Gasteiger partial charge in [-0.3, -0.25) is 0 Å². The lowest BCUT2D eigenvalue weighted by atomic mass is 9.80. The van der Waals surface area contributed by atoms with Crippen molar-refractivity contribution in [3.63, 3.8) is 0 Å². The Bertz CT molecular complexity index is 356. The molecule has 0 saturated heterocycles. The second-order valence-electron chi connectivity index (χ2n) is 5.36. The summed E-state index contributed by atoms with van der Waals surface area (Å²) in [6, 6.07) is 0. The molecule has 0 aliphatic heterocycles. The topological polar surface area (TPSA) is 61.3 Å². The number of hydrogen-bond donors (Lipinski definition) is 1. The Morgan fingerprint density at radius 2 is 2.00 bits per heavy atom. The minimum absolute atomic E-state index is 0.606. The molecular formula is C14H24N2O2. The molecule has 2 unspecified atom stereocenters. The van der Waals surface area contributed by atoms with Gasteiger partial charge in [-0.2, -0.15) is 0 Å². The van der Waals surface area contributed by atoms with Crippen molar-refractivity contribution < 1.29 is 9.26 Å². The maximum absolute atomic E-state index is 5.86. The first-order chi connectivity index (χ1) is 8.72. The summed E-state index contributed by atoms with van der Waals surface area (Å²) in [6.45, 7) is 6.10. The molecule has 2 atom stereocenters. The molecule has 0 aromatic carbocycles. The first-order valence-electron chi connectivity index (χ1n) is 6.92. The van der Waals surface area contributed by atoms with Gasteiger partial charge in [-0.15, -0.1) is 0 Å². The first kappa shape index (κ1) is 13.6. The molecule has 1 aromatic rings. The lowest BCUT2D eigenvalue weighted by molar-refractivity contribution is 0.0505. The van der Waals surface area contributed by atoms with E-state index < -0.39 is 0 Å². The maximum atomic E-state index is 5.86. The van der Waals surface area contributed by atoms with E-state index in [0.29, 0.717) is 18.4 Å². The van der Waals surface area contributed by atoms with Gasteiger partial charge in [0.1, 0.15) is 5.76 Å². The van der Waals surface area contributed by atoms with E-state index >= 15 is 0 Å². The van der Waals surface area contributed by atoms with Gasteiger partial charge in [0.2, 0.25) is 0 Å². The zero-order valence-electron chi connectivity index (χ0n) is 11.4. The highest BCUT2D eigenvalue weighted by Crippen LogP contribution is 2.29. The lowest BCUT2D eigenvalue weighted by Gasteiger charge is -2.30. The van der Waals surface area contributed by atoms with Crippen LogP contribution in [0, 0.1) is 25.7 Å². The fourth-order valence-corrected chi connectivity index (χ4v) is 2.83. The van der Waals surface area contributed by atoms with Gasteiger partial charge in [-0.1, -0.05) is 18.0 Å². The molecule has 1 aliphatic rings. The molecule has 1 saturated carbocycles. The predicted molar refractivity (Wildman–Crippen MR) is 70.1 cm³/mol. The highest BCUT2D eigenvalue weighted by molar-refractivity contribution is 5.19. The molecular weight excluding hydrogens is 228 g/mol. The number of hydrogen-bond acceptors (Lipinski definition) is 4. The highest BCUT2D eigenvalue weighted by Gasteiger charge is 2.24. The Kier molecular flexibility index (Phi) is 4.78. The summed E-state index contributed by atoms with van der Waals surface area (Å²) < 4.78 is 11.0. The Hall–Kier alpha value is -0.870. The molecule has 1 aliphatic carbocycles. The Labute approximate surface area is 109 Å². The van der Waals surface area contributed by atoms with Crippen molar-refractivity contribution >= 4 is 0 Å². The van der Waals surface area contributed by atoms with E-state index in [1.807, 2.05) is 13.8 Å². The fraction of sp³-hybridized carbons (Fsp3) is 0.786. The molecule has 1 aromatic heterocycles. The van der Waals surface area contributed by atoms with Gasteiger partial charge >= 0.3 is 0 Å². The van der Waals surface area contributed by atoms with Crippen LogP contribution in [-0.2, 0) is 11.3 Å². The van der Waals surface area contributed by atoms with E-state index in [-0.39, 0.29) is 0 Å². The molecule has 18 heavy (non-hydrogen) atoms. The zero-order chi connectivity index (χ0) is 13.0. The van der Waals surface area contributed by atoms with Crippen molar-refractivity contribution in [2.45, 2.75) is 46.1 Å². The molecule has 2 rings (SSSR count). The number of nitrogens with two attached hydrogens (primary N) is 1. The van der Waals surface area contributed by atoms with Gasteiger partial charge in [-0.05, 0) is 45.1 Å². The van der Waals surface area contributed by atoms with Crippen LogP contribution in [0.4, 0.5) is 0 Å². The van der Waals surface area contributed by atoms with Crippen molar-refractivity contribution in [2.75, 3.05) is 13.2 Å². The number of aryl methyl sites for hydroxylation is 2. The predicted octanol–water partition coefficient (Wildman–Crippen LogP) is 2.57. The van der Waals surface area contributed by atoms with Crippen LogP contribution in [0.2, 0.25) is 0 Å². The zero-order valence-corrected chi connectivity index (χ0v) is 11.4. The first-order valence-corrected chi connectivity index (χ1v) is 6.92. The van der Waals surface area contributed by atoms with Gasteiger partial charge in [0.25, 0.3) is 0 Å². The summed E-state index contributed by atoms with van der Waals surface area (Å²) in [7, 11) is 0. The summed E-state index contributed by atoms with van der Waals surface area (Å²) in [5.74, 6) is 2.14. The SMILES string of the molecule is Cc1noc(C)c1COCC1CCCCC1CN. The molecule has 0 bridgehead atoms. The van der Waals surface area contributed by atoms with Crippen molar-refractivity contribution in [2.24, 2.45) is 17.6 Å². The third-order valence-electron chi connectivity index (χ3n) is 4.13. The van der Waals surface area contributed by atoms with Crippen molar-refractivity contribution in [1.82, 2.24) is 5.16 Å².